The number of hydrogen-bond donors (Lipinski definition) is 0. The quantitative estimate of drug-likeness (QED) is 0.603. The summed E-state index contributed by atoms with van der Waals surface area (Å²) in [5.41, 5.74) is 1.28. The van der Waals surface area contributed by atoms with Crippen molar-refractivity contribution in [2.45, 2.75) is 5.75 Å². The molecule has 0 atom stereocenters. The zero-order valence-corrected chi connectivity index (χ0v) is 6.24. The molecule has 0 fully saturated rings. The number of benzene rings is 1. The Morgan fingerprint density at radius 3 is 3.00 bits per heavy atom. The highest BCUT2D eigenvalue weighted by molar-refractivity contribution is 7.97. The summed E-state index contributed by atoms with van der Waals surface area (Å²) in [7, 11) is 0. The van der Waals surface area contributed by atoms with E-state index in [1.54, 1.807) is 0 Å². The van der Waals surface area contributed by atoms with Crippen molar-refractivity contribution >= 4 is 11.8 Å². The predicted octanol–water partition coefficient (Wildman–Crippen LogP) is 2.35. The molecule has 0 nitrogen and oxygen atoms in total. The molecule has 0 saturated heterocycles. The van der Waals surface area contributed by atoms with Crippen LogP contribution in [0.3, 0.4) is 0 Å². The molecule has 0 aliphatic carbocycles. The van der Waals surface area contributed by atoms with E-state index in [0.29, 0.717) is 0 Å². The Morgan fingerprint density at radius 1 is 1.56 bits per heavy atom. The molecule has 0 bridgehead atoms. The SMILES string of the molecule is CSCc1[c]cccc1. The molecular formula is C8H9S. The van der Waals surface area contributed by atoms with Crippen LogP contribution in [0.2, 0.25) is 0 Å². The average molecular weight is 137 g/mol. The molecule has 0 amide bonds. The highest BCUT2D eigenvalue weighted by atomic mass is 32.2. The molecule has 0 aliphatic rings. The van der Waals surface area contributed by atoms with Gasteiger partial charge in [0.25, 0.3) is 0 Å². The summed E-state index contributed by atoms with van der Waals surface area (Å²) in [5, 5.41) is 0. The first kappa shape index (κ1) is 6.69. The second-order valence-corrected chi connectivity index (χ2v) is 2.69. The zero-order chi connectivity index (χ0) is 6.53. The third-order valence-electron chi connectivity index (χ3n) is 1.07. The lowest BCUT2D eigenvalue weighted by molar-refractivity contribution is 1.41. The molecule has 1 aromatic rings. The van der Waals surface area contributed by atoms with Gasteiger partial charge in [0.05, 0.1) is 0 Å². The van der Waals surface area contributed by atoms with Crippen molar-refractivity contribution in [3.63, 3.8) is 0 Å². The van der Waals surface area contributed by atoms with Crippen LogP contribution in [0.4, 0.5) is 0 Å². The summed E-state index contributed by atoms with van der Waals surface area (Å²) < 4.78 is 0. The molecule has 1 heteroatoms. The minimum atomic E-state index is 1.07. The van der Waals surface area contributed by atoms with Crippen LogP contribution >= 0.6 is 11.8 Å². The third kappa shape index (κ3) is 2.10. The second kappa shape index (κ2) is 3.57. The van der Waals surface area contributed by atoms with Crippen LogP contribution in [0.25, 0.3) is 0 Å². The first-order valence-electron chi connectivity index (χ1n) is 2.88. The van der Waals surface area contributed by atoms with Crippen molar-refractivity contribution < 1.29 is 0 Å². The molecule has 1 radical (unpaired) electrons. The maximum Gasteiger partial charge on any atom is 0.0187 e. The van der Waals surface area contributed by atoms with Crippen LogP contribution in [-0.2, 0) is 5.75 Å². The molecular weight excluding hydrogens is 128 g/mol. The van der Waals surface area contributed by atoms with Crippen LogP contribution in [0.1, 0.15) is 5.56 Å². The molecule has 1 rings (SSSR count). The van der Waals surface area contributed by atoms with Gasteiger partial charge in [-0.1, -0.05) is 24.3 Å². The van der Waals surface area contributed by atoms with Gasteiger partial charge in [-0.25, -0.2) is 0 Å². The van der Waals surface area contributed by atoms with E-state index in [1.807, 2.05) is 30.0 Å². The van der Waals surface area contributed by atoms with Gasteiger partial charge < -0.3 is 0 Å². The lowest BCUT2D eigenvalue weighted by atomic mass is 10.2. The Balaban J connectivity index is 2.61. The van der Waals surface area contributed by atoms with E-state index in [2.05, 4.69) is 18.4 Å². The maximum absolute atomic E-state index is 3.15. The van der Waals surface area contributed by atoms with Gasteiger partial charge in [0.15, 0.2) is 0 Å². The Kier molecular flexibility index (Phi) is 2.65. The van der Waals surface area contributed by atoms with Crippen molar-refractivity contribution in [3.8, 4) is 0 Å². The van der Waals surface area contributed by atoms with Gasteiger partial charge in [0, 0.05) is 5.75 Å². The standard InChI is InChI=1S/C8H9S/c1-9-7-8-5-3-2-4-6-8/h2-5H,7H2,1H3. The largest absolute Gasteiger partial charge is 0.161 e. The highest BCUT2D eigenvalue weighted by Gasteiger charge is 1.85. The second-order valence-electron chi connectivity index (χ2n) is 1.82. The van der Waals surface area contributed by atoms with E-state index in [1.165, 1.54) is 5.56 Å². The summed E-state index contributed by atoms with van der Waals surface area (Å²) in [6.07, 6.45) is 2.10. The Labute approximate surface area is 60.3 Å². The predicted molar refractivity (Wildman–Crippen MR) is 42.5 cm³/mol. The number of rotatable bonds is 2. The maximum atomic E-state index is 3.15. The topological polar surface area (TPSA) is 0 Å². The number of hydrogen-bond acceptors (Lipinski definition) is 1. The summed E-state index contributed by atoms with van der Waals surface area (Å²) in [4.78, 5) is 0. The van der Waals surface area contributed by atoms with E-state index in [4.69, 9.17) is 0 Å². The van der Waals surface area contributed by atoms with Crippen LogP contribution in [0.15, 0.2) is 24.3 Å². The number of thioether (sulfide) groups is 1. The van der Waals surface area contributed by atoms with E-state index in [9.17, 15) is 0 Å². The minimum absolute atomic E-state index is 1.07. The van der Waals surface area contributed by atoms with Gasteiger partial charge in [-0.05, 0) is 17.9 Å². The fourth-order valence-corrected chi connectivity index (χ4v) is 1.17. The van der Waals surface area contributed by atoms with Gasteiger partial charge in [-0.15, -0.1) is 0 Å². The monoisotopic (exact) mass is 137 g/mol. The zero-order valence-electron chi connectivity index (χ0n) is 5.42. The van der Waals surface area contributed by atoms with E-state index < -0.39 is 0 Å². The van der Waals surface area contributed by atoms with E-state index in [0.717, 1.165) is 5.75 Å². The molecule has 0 aromatic heterocycles. The summed E-state index contributed by atoms with van der Waals surface area (Å²) in [6.45, 7) is 0. The smallest absolute Gasteiger partial charge is 0.0187 e. The van der Waals surface area contributed by atoms with Crippen molar-refractivity contribution in [1.82, 2.24) is 0 Å². The molecule has 47 valence electrons. The Hall–Kier alpha value is -0.430. The van der Waals surface area contributed by atoms with Crippen LogP contribution in [-0.4, -0.2) is 6.26 Å². The van der Waals surface area contributed by atoms with Crippen LogP contribution < -0.4 is 0 Å². The average Bonchev–Trinajstić information content (AvgIpc) is 1.91. The molecule has 0 saturated carbocycles. The van der Waals surface area contributed by atoms with Crippen molar-refractivity contribution in [2.75, 3.05) is 6.26 Å². The molecule has 0 N–H and O–H groups in total. The fourth-order valence-electron chi connectivity index (χ4n) is 0.676. The summed E-state index contributed by atoms with van der Waals surface area (Å²) >= 11 is 1.82. The van der Waals surface area contributed by atoms with Crippen LogP contribution in [0, 0.1) is 6.07 Å². The van der Waals surface area contributed by atoms with Crippen molar-refractivity contribution in [1.29, 1.82) is 0 Å². The highest BCUT2D eigenvalue weighted by Crippen LogP contribution is 2.06. The normalized spacial score (nSPS) is 9.44. The molecule has 0 aliphatic heterocycles. The van der Waals surface area contributed by atoms with Gasteiger partial charge in [0.1, 0.15) is 0 Å². The fraction of sp³-hybridized carbons (Fsp3) is 0.250. The molecule has 0 heterocycles. The minimum Gasteiger partial charge on any atom is -0.161 e. The molecule has 1 aromatic carbocycles. The van der Waals surface area contributed by atoms with Crippen LogP contribution in [0.5, 0.6) is 0 Å². The van der Waals surface area contributed by atoms with E-state index in [-0.39, 0.29) is 0 Å². The molecule has 0 unspecified atom stereocenters. The first-order valence-corrected chi connectivity index (χ1v) is 4.27. The van der Waals surface area contributed by atoms with Crippen molar-refractivity contribution in [2.24, 2.45) is 0 Å². The van der Waals surface area contributed by atoms with Gasteiger partial charge in [-0.3, -0.25) is 0 Å². The summed E-state index contributed by atoms with van der Waals surface area (Å²) in [6, 6.07) is 11.2. The van der Waals surface area contributed by atoms with Crippen molar-refractivity contribution in [3.05, 3.63) is 35.9 Å². The van der Waals surface area contributed by atoms with Gasteiger partial charge >= 0.3 is 0 Å². The lowest BCUT2D eigenvalue weighted by Crippen LogP contribution is -1.75. The van der Waals surface area contributed by atoms with Gasteiger partial charge in [-0.2, -0.15) is 11.8 Å². The Bertz CT molecular complexity index is 157. The lowest BCUT2D eigenvalue weighted by Gasteiger charge is -1.92. The first-order chi connectivity index (χ1) is 4.43. The van der Waals surface area contributed by atoms with E-state index >= 15 is 0 Å². The summed E-state index contributed by atoms with van der Waals surface area (Å²) in [5.74, 6) is 1.07. The Morgan fingerprint density at radius 2 is 2.44 bits per heavy atom. The van der Waals surface area contributed by atoms with Gasteiger partial charge in [0.2, 0.25) is 0 Å². The molecule has 9 heavy (non-hydrogen) atoms. The third-order valence-corrected chi connectivity index (χ3v) is 1.67. The molecule has 0 spiro atoms.